The van der Waals surface area contributed by atoms with E-state index in [1.807, 2.05) is 6.92 Å². The molecule has 1 unspecified atom stereocenters. The molecule has 2 heterocycles. The minimum Gasteiger partial charge on any atom is -0.474 e. The smallest absolute Gasteiger partial charge is 0.237 e. The van der Waals surface area contributed by atoms with E-state index in [1.54, 1.807) is 19.2 Å². The van der Waals surface area contributed by atoms with Crippen LogP contribution in [0.3, 0.4) is 0 Å². The first-order valence-corrected chi connectivity index (χ1v) is 7.29. The highest BCUT2D eigenvalue weighted by Crippen LogP contribution is 2.30. The standard InChI is InChI=1S/C17H19FN2O2/c1-11-13(7-12-3-5-14(18)6-4-12)8-16-17(19-11)22-10-15(20-16)9-21-2/h3-6,8,15,20H,7,9-10H2,1-2H3. The molecule has 0 radical (unpaired) electrons. The van der Waals surface area contributed by atoms with E-state index in [4.69, 9.17) is 9.47 Å². The molecule has 1 aliphatic heterocycles. The first-order chi connectivity index (χ1) is 10.7. The van der Waals surface area contributed by atoms with Crippen molar-refractivity contribution in [3.8, 4) is 5.88 Å². The highest BCUT2D eigenvalue weighted by atomic mass is 19.1. The van der Waals surface area contributed by atoms with Gasteiger partial charge in [0.25, 0.3) is 0 Å². The number of aromatic nitrogens is 1. The summed E-state index contributed by atoms with van der Waals surface area (Å²) in [7, 11) is 1.67. The molecule has 1 N–H and O–H groups in total. The molecule has 2 aromatic rings. The Labute approximate surface area is 129 Å². The van der Waals surface area contributed by atoms with E-state index in [0.29, 0.717) is 25.5 Å². The molecule has 1 aromatic heterocycles. The number of hydrogen-bond donors (Lipinski definition) is 1. The van der Waals surface area contributed by atoms with Crippen molar-refractivity contribution in [2.24, 2.45) is 0 Å². The van der Waals surface area contributed by atoms with Crippen LogP contribution in [0.5, 0.6) is 5.88 Å². The van der Waals surface area contributed by atoms with Gasteiger partial charge in [0.15, 0.2) is 0 Å². The molecule has 0 aliphatic carbocycles. The van der Waals surface area contributed by atoms with Gasteiger partial charge in [0.1, 0.15) is 12.4 Å². The van der Waals surface area contributed by atoms with Crippen LogP contribution in [0.15, 0.2) is 30.3 Å². The number of nitrogens with one attached hydrogen (secondary N) is 1. The van der Waals surface area contributed by atoms with Crippen molar-refractivity contribution < 1.29 is 13.9 Å². The highest BCUT2D eigenvalue weighted by molar-refractivity contribution is 5.58. The molecule has 0 saturated carbocycles. The van der Waals surface area contributed by atoms with Crippen molar-refractivity contribution in [2.45, 2.75) is 19.4 Å². The quantitative estimate of drug-likeness (QED) is 0.943. The van der Waals surface area contributed by atoms with E-state index in [-0.39, 0.29) is 11.9 Å². The van der Waals surface area contributed by atoms with Crippen molar-refractivity contribution >= 4 is 5.69 Å². The van der Waals surface area contributed by atoms with Crippen LogP contribution in [0.2, 0.25) is 0 Å². The van der Waals surface area contributed by atoms with Gasteiger partial charge < -0.3 is 14.8 Å². The number of rotatable bonds is 4. The molecule has 3 rings (SSSR count). The lowest BCUT2D eigenvalue weighted by Crippen LogP contribution is -2.35. The Hall–Kier alpha value is -2.14. The van der Waals surface area contributed by atoms with Gasteiger partial charge in [-0.1, -0.05) is 12.1 Å². The first-order valence-electron chi connectivity index (χ1n) is 7.29. The molecule has 0 amide bonds. The van der Waals surface area contributed by atoms with Crippen molar-refractivity contribution in [3.63, 3.8) is 0 Å². The average molecular weight is 302 g/mol. The molecule has 5 heteroatoms. The molecule has 22 heavy (non-hydrogen) atoms. The Morgan fingerprint density at radius 2 is 2.14 bits per heavy atom. The van der Waals surface area contributed by atoms with Crippen LogP contribution < -0.4 is 10.1 Å². The molecule has 4 nitrogen and oxygen atoms in total. The fraction of sp³-hybridized carbons (Fsp3) is 0.353. The summed E-state index contributed by atoms with van der Waals surface area (Å²) in [5, 5.41) is 3.39. The van der Waals surface area contributed by atoms with Crippen molar-refractivity contribution in [1.82, 2.24) is 4.98 Å². The maximum atomic E-state index is 13.0. The lowest BCUT2D eigenvalue weighted by Gasteiger charge is -2.27. The Bertz CT molecular complexity index is 658. The zero-order chi connectivity index (χ0) is 15.5. The summed E-state index contributed by atoms with van der Waals surface area (Å²) in [5.41, 5.74) is 3.96. The molecule has 0 bridgehead atoms. The van der Waals surface area contributed by atoms with Crippen LogP contribution >= 0.6 is 0 Å². The Morgan fingerprint density at radius 1 is 1.36 bits per heavy atom. The molecule has 116 valence electrons. The van der Waals surface area contributed by atoms with E-state index in [1.165, 1.54) is 12.1 Å². The Kier molecular flexibility index (Phi) is 4.24. The number of hydrogen-bond acceptors (Lipinski definition) is 4. The highest BCUT2D eigenvalue weighted by Gasteiger charge is 2.21. The summed E-state index contributed by atoms with van der Waals surface area (Å²) < 4.78 is 23.8. The lowest BCUT2D eigenvalue weighted by molar-refractivity contribution is 0.152. The first kappa shape index (κ1) is 14.8. The Balaban J connectivity index is 1.83. The number of fused-ring (bicyclic) bond motifs is 1. The van der Waals surface area contributed by atoms with Crippen LogP contribution in [-0.4, -0.2) is 31.3 Å². The number of benzene rings is 1. The predicted octanol–water partition coefficient (Wildman–Crippen LogP) is 2.94. The van der Waals surface area contributed by atoms with Gasteiger partial charge in [-0.05, 0) is 42.7 Å². The van der Waals surface area contributed by atoms with Crippen LogP contribution in [0, 0.1) is 12.7 Å². The van der Waals surface area contributed by atoms with Gasteiger partial charge in [-0.2, -0.15) is 0 Å². The molecular weight excluding hydrogens is 283 g/mol. The SMILES string of the molecule is COCC1COc2nc(C)c(Cc3ccc(F)cc3)cc2N1. The second-order valence-electron chi connectivity index (χ2n) is 5.50. The minimum absolute atomic E-state index is 0.126. The largest absolute Gasteiger partial charge is 0.474 e. The zero-order valence-corrected chi connectivity index (χ0v) is 12.7. The summed E-state index contributed by atoms with van der Waals surface area (Å²) in [6.45, 7) is 3.09. The molecular formula is C17H19FN2O2. The van der Waals surface area contributed by atoms with E-state index < -0.39 is 0 Å². The van der Waals surface area contributed by atoms with Crippen molar-refractivity contribution in [1.29, 1.82) is 0 Å². The molecule has 0 saturated heterocycles. The van der Waals surface area contributed by atoms with E-state index in [9.17, 15) is 4.39 Å². The van der Waals surface area contributed by atoms with E-state index in [2.05, 4.69) is 16.4 Å². The molecule has 1 aliphatic rings. The lowest BCUT2D eigenvalue weighted by atomic mass is 10.0. The maximum absolute atomic E-state index is 13.0. The number of anilines is 1. The summed E-state index contributed by atoms with van der Waals surface area (Å²) in [5.74, 6) is 0.411. The number of ether oxygens (including phenoxy) is 2. The van der Waals surface area contributed by atoms with Crippen molar-refractivity contribution in [3.05, 3.63) is 53.0 Å². The molecule has 1 aromatic carbocycles. The van der Waals surface area contributed by atoms with Gasteiger partial charge in [-0.25, -0.2) is 9.37 Å². The van der Waals surface area contributed by atoms with Crippen LogP contribution in [-0.2, 0) is 11.2 Å². The van der Waals surface area contributed by atoms with Gasteiger partial charge in [0.2, 0.25) is 5.88 Å². The van der Waals surface area contributed by atoms with E-state index in [0.717, 1.165) is 22.5 Å². The van der Waals surface area contributed by atoms with E-state index >= 15 is 0 Å². The van der Waals surface area contributed by atoms with Gasteiger partial charge >= 0.3 is 0 Å². The third kappa shape index (κ3) is 3.20. The number of aryl methyl sites for hydroxylation is 1. The molecule has 1 atom stereocenters. The summed E-state index contributed by atoms with van der Waals surface area (Å²) in [6, 6.07) is 8.74. The fourth-order valence-electron chi connectivity index (χ4n) is 2.57. The Morgan fingerprint density at radius 3 is 2.86 bits per heavy atom. The van der Waals surface area contributed by atoms with Crippen LogP contribution in [0.25, 0.3) is 0 Å². The zero-order valence-electron chi connectivity index (χ0n) is 12.7. The second kappa shape index (κ2) is 6.32. The minimum atomic E-state index is -0.221. The fourth-order valence-corrected chi connectivity index (χ4v) is 2.57. The van der Waals surface area contributed by atoms with Gasteiger partial charge in [-0.3, -0.25) is 0 Å². The maximum Gasteiger partial charge on any atom is 0.237 e. The number of halogens is 1. The summed E-state index contributed by atoms with van der Waals surface area (Å²) >= 11 is 0. The molecule has 0 spiro atoms. The topological polar surface area (TPSA) is 43.4 Å². The van der Waals surface area contributed by atoms with Gasteiger partial charge in [-0.15, -0.1) is 0 Å². The summed E-state index contributed by atoms with van der Waals surface area (Å²) in [6.07, 6.45) is 0.711. The predicted molar refractivity (Wildman–Crippen MR) is 83.0 cm³/mol. The second-order valence-corrected chi connectivity index (χ2v) is 5.50. The molecule has 0 fully saturated rings. The third-order valence-corrected chi connectivity index (χ3v) is 3.74. The normalized spacial score (nSPS) is 16.6. The monoisotopic (exact) mass is 302 g/mol. The average Bonchev–Trinajstić information content (AvgIpc) is 2.51. The van der Waals surface area contributed by atoms with Crippen LogP contribution in [0.1, 0.15) is 16.8 Å². The van der Waals surface area contributed by atoms with Crippen LogP contribution in [0.4, 0.5) is 10.1 Å². The number of nitrogens with zero attached hydrogens (tertiary/aromatic N) is 1. The van der Waals surface area contributed by atoms with Crippen molar-refractivity contribution in [2.75, 3.05) is 25.6 Å². The number of pyridine rings is 1. The third-order valence-electron chi connectivity index (χ3n) is 3.74. The van der Waals surface area contributed by atoms with Gasteiger partial charge in [0.05, 0.1) is 18.3 Å². The number of methoxy groups -OCH3 is 1. The van der Waals surface area contributed by atoms with Gasteiger partial charge in [0, 0.05) is 12.8 Å². The summed E-state index contributed by atoms with van der Waals surface area (Å²) in [4.78, 5) is 4.52.